The van der Waals surface area contributed by atoms with E-state index in [1.54, 1.807) is 13.2 Å². The normalized spacial score (nSPS) is 11.2. The van der Waals surface area contributed by atoms with Crippen LogP contribution >= 0.6 is 12.4 Å². The fourth-order valence-electron chi connectivity index (χ4n) is 1.46. The maximum Gasteiger partial charge on any atom is 0.243 e. The van der Waals surface area contributed by atoms with Crippen LogP contribution in [0.25, 0.3) is 0 Å². The molecule has 4 N–H and O–H groups in total. The van der Waals surface area contributed by atoms with Gasteiger partial charge in [-0.15, -0.1) is 12.4 Å². The summed E-state index contributed by atoms with van der Waals surface area (Å²) in [5, 5.41) is 5.09. The molecular weight excluding hydrogens is 282 g/mol. The Morgan fingerprint density at radius 1 is 1.35 bits per heavy atom. The smallest absolute Gasteiger partial charge is 0.243 e. The first kappa shape index (κ1) is 18.4. The van der Waals surface area contributed by atoms with Crippen LogP contribution in [0, 0.1) is 0 Å². The summed E-state index contributed by atoms with van der Waals surface area (Å²) in [5.41, 5.74) is 6.75. The van der Waals surface area contributed by atoms with Gasteiger partial charge in [0.2, 0.25) is 11.8 Å². The van der Waals surface area contributed by atoms with Crippen molar-refractivity contribution in [3.05, 3.63) is 29.8 Å². The summed E-state index contributed by atoms with van der Waals surface area (Å²) >= 11 is 0. The highest BCUT2D eigenvalue weighted by Crippen LogP contribution is 2.19. The Hall–Kier alpha value is -1.63. The van der Waals surface area contributed by atoms with Crippen LogP contribution in [0.4, 0.5) is 5.69 Å². The zero-order valence-electron chi connectivity index (χ0n) is 11.5. The summed E-state index contributed by atoms with van der Waals surface area (Å²) in [4.78, 5) is 22.5. The van der Waals surface area contributed by atoms with Gasteiger partial charge in [-0.25, -0.2) is 0 Å². The quantitative estimate of drug-likeness (QED) is 0.725. The number of nitrogens with two attached hydrogens (primary N) is 1. The fourth-order valence-corrected chi connectivity index (χ4v) is 1.46. The van der Waals surface area contributed by atoms with Crippen LogP contribution < -0.4 is 16.4 Å². The van der Waals surface area contributed by atoms with Crippen molar-refractivity contribution in [2.45, 2.75) is 13.0 Å². The van der Waals surface area contributed by atoms with E-state index in [4.69, 9.17) is 10.5 Å². The van der Waals surface area contributed by atoms with Crippen LogP contribution in [0.1, 0.15) is 18.6 Å². The van der Waals surface area contributed by atoms with Crippen LogP contribution in [-0.2, 0) is 14.3 Å². The maximum atomic E-state index is 11.6. The minimum absolute atomic E-state index is 0. The number of hydrogen-bond acceptors (Lipinski definition) is 4. The Morgan fingerprint density at radius 3 is 2.65 bits per heavy atom. The summed E-state index contributed by atoms with van der Waals surface area (Å²) in [7, 11) is 1.62. The van der Waals surface area contributed by atoms with E-state index in [0.717, 1.165) is 5.56 Å². The Bertz CT molecular complexity index is 454. The molecule has 0 aromatic heterocycles. The molecule has 7 heteroatoms. The number of nitrogens with one attached hydrogen (secondary N) is 2. The largest absolute Gasteiger partial charge is 0.377 e. The van der Waals surface area contributed by atoms with E-state index in [1.165, 1.54) is 0 Å². The van der Waals surface area contributed by atoms with Gasteiger partial charge in [-0.05, 0) is 24.6 Å². The molecule has 0 fully saturated rings. The zero-order valence-corrected chi connectivity index (χ0v) is 12.3. The lowest BCUT2D eigenvalue weighted by molar-refractivity contribution is -0.123. The SMILES string of the molecule is COC(C)c1cccc(NC(=O)CNC(=O)CN)c1.Cl. The second-order valence-corrected chi connectivity index (χ2v) is 4.03. The van der Waals surface area contributed by atoms with Crippen molar-refractivity contribution in [1.82, 2.24) is 5.32 Å². The van der Waals surface area contributed by atoms with E-state index >= 15 is 0 Å². The topological polar surface area (TPSA) is 93.5 Å². The predicted octanol–water partition coefficient (Wildman–Crippen LogP) is 0.829. The first-order chi connectivity index (χ1) is 9.06. The number of ether oxygens (including phenoxy) is 1. The van der Waals surface area contributed by atoms with Crippen LogP contribution in [0.5, 0.6) is 0 Å². The number of benzene rings is 1. The van der Waals surface area contributed by atoms with Gasteiger partial charge < -0.3 is 21.1 Å². The lowest BCUT2D eigenvalue weighted by Gasteiger charge is -2.12. The highest BCUT2D eigenvalue weighted by atomic mass is 35.5. The molecule has 112 valence electrons. The van der Waals surface area contributed by atoms with Gasteiger partial charge in [-0.3, -0.25) is 9.59 Å². The molecule has 0 saturated heterocycles. The van der Waals surface area contributed by atoms with E-state index in [9.17, 15) is 9.59 Å². The van der Waals surface area contributed by atoms with E-state index in [0.29, 0.717) is 5.69 Å². The molecule has 1 unspecified atom stereocenters. The van der Waals surface area contributed by atoms with Crippen molar-refractivity contribution in [2.24, 2.45) is 5.73 Å². The average molecular weight is 302 g/mol. The van der Waals surface area contributed by atoms with Gasteiger partial charge in [-0.2, -0.15) is 0 Å². The number of rotatable bonds is 6. The van der Waals surface area contributed by atoms with E-state index in [-0.39, 0.29) is 43.4 Å². The summed E-state index contributed by atoms with van der Waals surface area (Å²) in [6.45, 7) is 1.69. The first-order valence-electron chi connectivity index (χ1n) is 5.96. The molecule has 1 aromatic carbocycles. The monoisotopic (exact) mass is 301 g/mol. The minimum atomic E-state index is -0.364. The standard InChI is InChI=1S/C13H19N3O3.ClH/c1-9(19-2)10-4-3-5-11(6-10)16-13(18)8-15-12(17)7-14;/h3-6,9H,7-8,14H2,1-2H3,(H,15,17)(H,16,18);1H. The molecule has 1 atom stereocenters. The number of carbonyl (C=O) groups excluding carboxylic acids is 2. The van der Waals surface area contributed by atoms with Crippen molar-refractivity contribution in [3.8, 4) is 0 Å². The molecule has 0 aliphatic heterocycles. The first-order valence-corrected chi connectivity index (χ1v) is 5.96. The molecular formula is C13H20ClN3O3. The molecule has 6 nitrogen and oxygen atoms in total. The number of carbonyl (C=O) groups is 2. The minimum Gasteiger partial charge on any atom is -0.377 e. The van der Waals surface area contributed by atoms with Gasteiger partial charge in [0, 0.05) is 12.8 Å². The molecule has 0 heterocycles. The number of halogens is 1. The van der Waals surface area contributed by atoms with E-state index in [2.05, 4.69) is 10.6 Å². The third-order valence-electron chi connectivity index (χ3n) is 2.62. The molecule has 20 heavy (non-hydrogen) atoms. The van der Waals surface area contributed by atoms with Crippen molar-refractivity contribution >= 4 is 29.9 Å². The van der Waals surface area contributed by atoms with Crippen LogP contribution in [0.3, 0.4) is 0 Å². The second-order valence-electron chi connectivity index (χ2n) is 4.03. The third kappa shape index (κ3) is 6.01. The van der Waals surface area contributed by atoms with Crippen LogP contribution in [-0.4, -0.2) is 32.0 Å². The number of anilines is 1. The van der Waals surface area contributed by atoms with Gasteiger partial charge in [-0.1, -0.05) is 12.1 Å². The Balaban J connectivity index is 0.00000361. The lowest BCUT2D eigenvalue weighted by Crippen LogP contribution is -2.36. The van der Waals surface area contributed by atoms with Gasteiger partial charge in [0.1, 0.15) is 0 Å². The molecule has 0 bridgehead atoms. The summed E-state index contributed by atoms with van der Waals surface area (Å²) in [6, 6.07) is 7.35. The number of hydrogen-bond donors (Lipinski definition) is 3. The molecule has 2 amide bonds. The highest BCUT2D eigenvalue weighted by Gasteiger charge is 2.07. The molecule has 1 rings (SSSR count). The molecule has 0 aliphatic carbocycles. The van der Waals surface area contributed by atoms with Gasteiger partial charge >= 0.3 is 0 Å². The Morgan fingerprint density at radius 2 is 2.05 bits per heavy atom. The van der Waals surface area contributed by atoms with E-state index in [1.807, 2.05) is 25.1 Å². The molecule has 0 saturated carbocycles. The number of methoxy groups -OCH3 is 1. The molecule has 0 radical (unpaired) electrons. The Kier molecular flexibility index (Phi) is 8.54. The van der Waals surface area contributed by atoms with Crippen molar-refractivity contribution in [1.29, 1.82) is 0 Å². The third-order valence-corrected chi connectivity index (χ3v) is 2.62. The zero-order chi connectivity index (χ0) is 14.3. The summed E-state index contributed by atoms with van der Waals surface area (Å²) in [6.07, 6.45) is -0.0474. The molecule has 0 spiro atoms. The van der Waals surface area contributed by atoms with Crippen molar-refractivity contribution in [2.75, 3.05) is 25.5 Å². The summed E-state index contributed by atoms with van der Waals surface area (Å²) < 4.78 is 5.21. The van der Waals surface area contributed by atoms with Gasteiger partial charge in [0.05, 0.1) is 19.2 Å². The van der Waals surface area contributed by atoms with Crippen molar-refractivity contribution in [3.63, 3.8) is 0 Å². The fraction of sp³-hybridized carbons (Fsp3) is 0.385. The second kappa shape index (κ2) is 9.30. The highest BCUT2D eigenvalue weighted by molar-refractivity contribution is 5.94. The lowest BCUT2D eigenvalue weighted by atomic mass is 10.1. The van der Waals surface area contributed by atoms with Crippen molar-refractivity contribution < 1.29 is 14.3 Å². The van der Waals surface area contributed by atoms with Gasteiger partial charge in [0.15, 0.2) is 0 Å². The molecule has 1 aromatic rings. The van der Waals surface area contributed by atoms with E-state index < -0.39 is 0 Å². The predicted molar refractivity (Wildman–Crippen MR) is 79.8 cm³/mol. The van der Waals surface area contributed by atoms with Crippen LogP contribution in [0.2, 0.25) is 0 Å². The van der Waals surface area contributed by atoms with Crippen LogP contribution in [0.15, 0.2) is 24.3 Å². The number of amides is 2. The average Bonchev–Trinajstić information content (AvgIpc) is 2.44. The maximum absolute atomic E-state index is 11.6. The summed E-state index contributed by atoms with van der Waals surface area (Å²) in [5.74, 6) is -0.666. The Labute approximate surface area is 124 Å². The van der Waals surface area contributed by atoms with Gasteiger partial charge in [0.25, 0.3) is 0 Å². The molecule has 0 aliphatic rings.